The third-order valence-electron chi connectivity index (χ3n) is 1.79. The Bertz CT molecular complexity index is 275. The molecule has 0 amide bonds. The maximum Gasteiger partial charge on any atom is 0.0550 e. The van der Waals surface area contributed by atoms with Crippen LogP contribution in [0.5, 0.6) is 0 Å². The molecule has 0 aliphatic rings. The smallest absolute Gasteiger partial charge is 0.0550 e. The SMILES string of the molecule is CC(CO)c1ccc(Br)c(Cl)c1. The predicted octanol–water partition coefficient (Wildman–Crippen LogP) is 3.20. The van der Waals surface area contributed by atoms with Gasteiger partial charge in [0, 0.05) is 17.0 Å². The predicted molar refractivity (Wildman–Crippen MR) is 54.7 cm³/mol. The van der Waals surface area contributed by atoms with Gasteiger partial charge >= 0.3 is 0 Å². The van der Waals surface area contributed by atoms with Crippen LogP contribution < -0.4 is 0 Å². The fraction of sp³-hybridized carbons (Fsp3) is 0.333. The van der Waals surface area contributed by atoms with Crippen molar-refractivity contribution in [1.29, 1.82) is 0 Å². The third-order valence-corrected chi connectivity index (χ3v) is 3.02. The molecule has 1 aromatic rings. The molecule has 1 unspecified atom stereocenters. The van der Waals surface area contributed by atoms with E-state index in [1.807, 2.05) is 25.1 Å². The molecule has 1 rings (SSSR count). The van der Waals surface area contributed by atoms with E-state index < -0.39 is 0 Å². The van der Waals surface area contributed by atoms with Crippen LogP contribution in [0.3, 0.4) is 0 Å². The molecule has 0 aromatic heterocycles. The maximum absolute atomic E-state index is 8.89. The van der Waals surface area contributed by atoms with Crippen molar-refractivity contribution in [3.63, 3.8) is 0 Å². The summed E-state index contributed by atoms with van der Waals surface area (Å²) in [6, 6.07) is 5.72. The van der Waals surface area contributed by atoms with E-state index in [2.05, 4.69) is 15.9 Å². The molecule has 1 nitrogen and oxygen atoms in total. The summed E-state index contributed by atoms with van der Waals surface area (Å²) in [4.78, 5) is 0. The second-order valence-electron chi connectivity index (χ2n) is 2.76. The van der Waals surface area contributed by atoms with E-state index >= 15 is 0 Å². The summed E-state index contributed by atoms with van der Waals surface area (Å²) in [5.41, 5.74) is 1.06. The van der Waals surface area contributed by atoms with Crippen molar-refractivity contribution in [2.24, 2.45) is 0 Å². The van der Waals surface area contributed by atoms with Gasteiger partial charge in [0.2, 0.25) is 0 Å². The number of benzene rings is 1. The van der Waals surface area contributed by atoms with Crippen molar-refractivity contribution in [3.8, 4) is 0 Å². The summed E-state index contributed by atoms with van der Waals surface area (Å²) in [6.45, 7) is 2.11. The average molecular weight is 250 g/mol. The lowest BCUT2D eigenvalue weighted by atomic mass is 10.0. The van der Waals surface area contributed by atoms with E-state index in [1.165, 1.54) is 0 Å². The summed E-state index contributed by atoms with van der Waals surface area (Å²) in [5, 5.41) is 9.58. The Labute approximate surface area is 85.5 Å². The molecule has 0 fully saturated rings. The van der Waals surface area contributed by atoms with E-state index in [4.69, 9.17) is 16.7 Å². The Morgan fingerprint density at radius 3 is 2.75 bits per heavy atom. The van der Waals surface area contributed by atoms with Crippen LogP contribution in [0.25, 0.3) is 0 Å². The highest BCUT2D eigenvalue weighted by Crippen LogP contribution is 2.26. The first kappa shape index (κ1) is 10.0. The first-order chi connectivity index (χ1) is 5.65. The third kappa shape index (κ3) is 2.22. The molecule has 1 aromatic carbocycles. The highest BCUT2D eigenvalue weighted by atomic mass is 79.9. The first-order valence-electron chi connectivity index (χ1n) is 3.71. The number of hydrogen-bond acceptors (Lipinski definition) is 1. The zero-order valence-corrected chi connectivity index (χ0v) is 9.06. The van der Waals surface area contributed by atoms with Crippen LogP contribution in [-0.2, 0) is 0 Å². The van der Waals surface area contributed by atoms with Crippen LogP contribution >= 0.6 is 27.5 Å². The lowest BCUT2D eigenvalue weighted by Crippen LogP contribution is -1.98. The van der Waals surface area contributed by atoms with Gasteiger partial charge in [-0.15, -0.1) is 0 Å². The number of aliphatic hydroxyl groups excluding tert-OH is 1. The molecule has 1 atom stereocenters. The van der Waals surface area contributed by atoms with Crippen LogP contribution in [0.15, 0.2) is 22.7 Å². The molecule has 0 heterocycles. The van der Waals surface area contributed by atoms with Gasteiger partial charge in [0.25, 0.3) is 0 Å². The van der Waals surface area contributed by atoms with Crippen LogP contribution in [0.1, 0.15) is 18.4 Å². The molecule has 0 saturated heterocycles. The molecular formula is C9H10BrClO. The van der Waals surface area contributed by atoms with Crippen molar-refractivity contribution < 1.29 is 5.11 Å². The number of rotatable bonds is 2. The Balaban J connectivity index is 2.96. The maximum atomic E-state index is 8.89. The number of halogens is 2. The summed E-state index contributed by atoms with van der Waals surface area (Å²) < 4.78 is 0.887. The lowest BCUT2D eigenvalue weighted by molar-refractivity contribution is 0.273. The quantitative estimate of drug-likeness (QED) is 0.853. The second kappa shape index (κ2) is 4.26. The van der Waals surface area contributed by atoms with Crippen molar-refractivity contribution in [1.82, 2.24) is 0 Å². The van der Waals surface area contributed by atoms with Gasteiger partial charge in [-0.2, -0.15) is 0 Å². The molecule has 0 aliphatic heterocycles. The Morgan fingerprint density at radius 1 is 1.58 bits per heavy atom. The molecule has 0 spiro atoms. The monoisotopic (exact) mass is 248 g/mol. The largest absolute Gasteiger partial charge is 0.396 e. The Hall–Kier alpha value is -0.0500. The molecule has 3 heteroatoms. The van der Waals surface area contributed by atoms with E-state index in [0.29, 0.717) is 5.02 Å². The molecule has 1 N–H and O–H groups in total. The number of aliphatic hydroxyl groups is 1. The van der Waals surface area contributed by atoms with Crippen molar-refractivity contribution in [2.75, 3.05) is 6.61 Å². The highest BCUT2D eigenvalue weighted by Gasteiger charge is 2.05. The minimum absolute atomic E-state index is 0.149. The van der Waals surface area contributed by atoms with Gasteiger partial charge < -0.3 is 5.11 Å². The topological polar surface area (TPSA) is 20.2 Å². The molecular weight excluding hydrogens is 239 g/mol. The Kier molecular flexibility index (Phi) is 3.56. The van der Waals surface area contributed by atoms with Crippen molar-refractivity contribution in [2.45, 2.75) is 12.8 Å². The van der Waals surface area contributed by atoms with Crippen LogP contribution in [0, 0.1) is 0 Å². The van der Waals surface area contributed by atoms with Crippen molar-refractivity contribution in [3.05, 3.63) is 33.3 Å². The summed E-state index contributed by atoms with van der Waals surface area (Å²) in [5.74, 6) is 0.149. The van der Waals surface area contributed by atoms with Gasteiger partial charge in [-0.1, -0.05) is 24.6 Å². The lowest BCUT2D eigenvalue weighted by Gasteiger charge is -2.08. The van der Waals surface area contributed by atoms with Gasteiger partial charge in [0.05, 0.1) is 5.02 Å². The van der Waals surface area contributed by atoms with E-state index in [9.17, 15) is 0 Å². The standard InChI is InChI=1S/C9H10BrClO/c1-6(5-12)7-2-3-8(10)9(11)4-7/h2-4,6,12H,5H2,1H3. The normalized spacial score (nSPS) is 13.0. The van der Waals surface area contributed by atoms with Crippen LogP contribution in [-0.4, -0.2) is 11.7 Å². The fourth-order valence-electron chi connectivity index (χ4n) is 0.924. The zero-order chi connectivity index (χ0) is 9.14. The minimum atomic E-state index is 0.149. The molecule has 0 aliphatic carbocycles. The summed E-state index contributed by atoms with van der Waals surface area (Å²) >= 11 is 9.19. The van der Waals surface area contributed by atoms with E-state index in [0.717, 1.165) is 10.0 Å². The van der Waals surface area contributed by atoms with E-state index in [1.54, 1.807) is 0 Å². The van der Waals surface area contributed by atoms with Crippen LogP contribution in [0.4, 0.5) is 0 Å². The van der Waals surface area contributed by atoms with Gasteiger partial charge in [-0.3, -0.25) is 0 Å². The van der Waals surface area contributed by atoms with Gasteiger partial charge in [0.15, 0.2) is 0 Å². The number of hydrogen-bond donors (Lipinski definition) is 1. The molecule has 66 valence electrons. The summed E-state index contributed by atoms with van der Waals surface area (Å²) in [7, 11) is 0. The second-order valence-corrected chi connectivity index (χ2v) is 4.02. The van der Waals surface area contributed by atoms with Gasteiger partial charge in [0.1, 0.15) is 0 Å². The highest BCUT2D eigenvalue weighted by molar-refractivity contribution is 9.10. The Morgan fingerprint density at radius 2 is 2.25 bits per heavy atom. The zero-order valence-electron chi connectivity index (χ0n) is 6.72. The first-order valence-corrected chi connectivity index (χ1v) is 4.88. The fourth-order valence-corrected chi connectivity index (χ4v) is 1.36. The summed E-state index contributed by atoms with van der Waals surface area (Å²) in [6.07, 6.45) is 0. The average Bonchev–Trinajstić information content (AvgIpc) is 2.08. The van der Waals surface area contributed by atoms with Gasteiger partial charge in [-0.25, -0.2) is 0 Å². The van der Waals surface area contributed by atoms with E-state index in [-0.39, 0.29) is 12.5 Å². The molecule has 0 radical (unpaired) electrons. The van der Waals surface area contributed by atoms with Gasteiger partial charge in [-0.05, 0) is 33.6 Å². The molecule has 0 saturated carbocycles. The molecule has 12 heavy (non-hydrogen) atoms. The van der Waals surface area contributed by atoms with Crippen LogP contribution in [0.2, 0.25) is 5.02 Å². The molecule has 0 bridgehead atoms. The minimum Gasteiger partial charge on any atom is -0.396 e. The van der Waals surface area contributed by atoms with Crippen molar-refractivity contribution >= 4 is 27.5 Å².